The van der Waals surface area contributed by atoms with E-state index in [-0.39, 0.29) is 27.6 Å². The molecule has 0 atom stereocenters. The molecule has 0 spiro atoms. The van der Waals surface area contributed by atoms with Crippen molar-refractivity contribution in [3.8, 4) is 5.88 Å². The van der Waals surface area contributed by atoms with Crippen molar-refractivity contribution in [2.24, 2.45) is 0 Å². The number of anilines is 1. The molecule has 11 heteroatoms. The van der Waals surface area contributed by atoms with Gasteiger partial charge in [-0.1, -0.05) is 26.2 Å². The molecule has 0 aliphatic heterocycles. The van der Waals surface area contributed by atoms with Crippen LogP contribution in [0.5, 0.6) is 5.88 Å². The number of amides is 2. The third-order valence-corrected chi connectivity index (χ3v) is 6.49. The number of aryl methyl sites for hydroxylation is 1. The summed E-state index contributed by atoms with van der Waals surface area (Å²) in [5, 5.41) is 18.2. The van der Waals surface area contributed by atoms with Crippen molar-refractivity contribution < 1.29 is 28.2 Å². The van der Waals surface area contributed by atoms with Gasteiger partial charge in [0.25, 0.3) is 0 Å². The van der Waals surface area contributed by atoms with Crippen molar-refractivity contribution in [3.63, 3.8) is 0 Å². The molecule has 34 heavy (non-hydrogen) atoms. The molecule has 1 heterocycles. The third-order valence-electron chi connectivity index (χ3n) is 5.74. The van der Waals surface area contributed by atoms with E-state index in [9.17, 15) is 23.5 Å². The summed E-state index contributed by atoms with van der Waals surface area (Å²) >= 11 is 0.736. The number of carbonyl (C=O) groups excluding carboxylic acids is 1. The van der Waals surface area contributed by atoms with Crippen LogP contribution in [0.4, 0.5) is 18.6 Å². The van der Waals surface area contributed by atoms with Crippen LogP contribution in [0.25, 0.3) is 0 Å². The Labute approximate surface area is 201 Å². The normalized spacial score (nSPS) is 14.1. The van der Waals surface area contributed by atoms with Gasteiger partial charge in [0.05, 0.1) is 0 Å². The van der Waals surface area contributed by atoms with E-state index in [4.69, 9.17) is 4.74 Å². The van der Waals surface area contributed by atoms with Gasteiger partial charge in [0.15, 0.2) is 5.56 Å². The second-order valence-electron chi connectivity index (χ2n) is 8.20. The van der Waals surface area contributed by atoms with Crippen molar-refractivity contribution in [3.05, 3.63) is 40.5 Å². The quantitative estimate of drug-likeness (QED) is 0.336. The summed E-state index contributed by atoms with van der Waals surface area (Å²) in [5.74, 6) is -2.85. The Balaban J connectivity index is 1.50. The predicted molar refractivity (Wildman–Crippen MR) is 126 cm³/mol. The fraction of sp³-hybridized carbons (Fsp3) is 0.522. The van der Waals surface area contributed by atoms with Gasteiger partial charge in [-0.15, -0.1) is 0 Å². The first-order valence-electron chi connectivity index (χ1n) is 11.5. The van der Waals surface area contributed by atoms with Crippen LogP contribution in [0.1, 0.15) is 66.9 Å². The molecule has 0 saturated heterocycles. The first kappa shape index (κ1) is 25.8. The zero-order valence-electron chi connectivity index (χ0n) is 19.1. The van der Waals surface area contributed by atoms with Crippen molar-refractivity contribution in [1.29, 1.82) is 0 Å². The number of hydrogen-bond donors (Lipinski definition) is 4. The highest BCUT2D eigenvalue weighted by Gasteiger charge is 2.24. The summed E-state index contributed by atoms with van der Waals surface area (Å²) < 4.78 is 37.4. The minimum atomic E-state index is -1.36. The van der Waals surface area contributed by atoms with E-state index in [1.165, 1.54) is 32.1 Å². The fourth-order valence-corrected chi connectivity index (χ4v) is 4.58. The molecule has 1 fully saturated rings. The summed E-state index contributed by atoms with van der Waals surface area (Å²) in [6.45, 7) is 2.52. The highest BCUT2D eigenvalue weighted by atomic mass is 32.1. The Hall–Kier alpha value is -2.79. The number of hydrogen-bond acceptors (Lipinski definition) is 6. The number of carbonyl (C=O) groups is 2. The van der Waals surface area contributed by atoms with Crippen molar-refractivity contribution in [2.75, 3.05) is 18.4 Å². The van der Waals surface area contributed by atoms with Gasteiger partial charge in [-0.3, -0.25) is 5.32 Å². The number of halogens is 2. The van der Waals surface area contributed by atoms with Crippen LogP contribution < -0.4 is 20.7 Å². The number of benzene rings is 1. The zero-order chi connectivity index (χ0) is 24.5. The molecular weight excluding hydrogens is 466 g/mol. The average Bonchev–Trinajstić information content (AvgIpc) is 3.22. The number of carboxylic acid groups (broad SMARTS) is 1. The maximum Gasteiger partial charge on any atom is 0.344 e. The maximum atomic E-state index is 14.2. The summed E-state index contributed by atoms with van der Waals surface area (Å²) in [4.78, 5) is 23.9. The van der Waals surface area contributed by atoms with Crippen LogP contribution >= 0.6 is 11.5 Å². The van der Waals surface area contributed by atoms with Gasteiger partial charge in [-0.2, -0.15) is 4.37 Å². The lowest BCUT2D eigenvalue weighted by molar-refractivity contribution is 0.0693. The molecule has 1 saturated carbocycles. The molecule has 2 aromatic rings. The predicted octanol–water partition coefficient (Wildman–Crippen LogP) is 4.69. The average molecular weight is 497 g/mol. The first-order valence-corrected chi connectivity index (χ1v) is 12.3. The molecular formula is C23H30F2N4O4S. The number of nitrogens with zero attached hydrogens (tertiary/aromatic N) is 1. The molecule has 1 aromatic heterocycles. The number of aromatic carboxylic acids is 1. The lowest BCUT2D eigenvalue weighted by Crippen LogP contribution is -2.35. The molecule has 0 unspecified atom stereocenters. The Kier molecular flexibility index (Phi) is 9.58. The Morgan fingerprint density at radius 2 is 1.85 bits per heavy atom. The topological polar surface area (TPSA) is 113 Å². The van der Waals surface area contributed by atoms with Gasteiger partial charge in [0.1, 0.15) is 23.2 Å². The standard InChI is InChI=1S/C23H30F2N4O4S/c1-2-14-11-18(25)15(12-17(14)24)13-33-20-19(22(30)31)21(34-29-20)28-23(32)27-10-6-9-26-16-7-4-3-5-8-16/h11-12,16,26H,2-10,13H2,1H3,(H,30,31)(H2,27,28,32). The van der Waals surface area contributed by atoms with E-state index in [1.54, 1.807) is 6.92 Å². The minimum absolute atomic E-state index is 0.00619. The van der Waals surface area contributed by atoms with E-state index in [0.717, 1.165) is 36.6 Å². The molecule has 1 aromatic carbocycles. The number of urea groups is 1. The van der Waals surface area contributed by atoms with Gasteiger partial charge >= 0.3 is 12.0 Å². The second kappa shape index (κ2) is 12.6. The smallest absolute Gasteiger partial charge is 0.344 e. The van der Waals surface area contributed by atoms with E-state index >= 15 is 0 Å². The van der Waals surface area contributed by atoms with Crippen LogP contribution in [0.15, 0.2) is 12.1 Å². The van der Waals surface area contributed by atoms with E-state index in [1.807, 2.05) is 0 Å². The molecule has 1 aliphatic rings. The highest BCUT2D eigenvalue weighted by molar-refractivity contribution is 7.11. The van der Waals surface area contributed by atoms with Gasteiger partial charge in [0.2, 0.25) is 5.88 Å². The number of aromatic nitrogens is 1. The molecule has 1 aliphatic carbocycles. The molecule has 2 amide bonds. The third kappa shape index (κ3) is 7.10. The lowest BCUT2D eigenvalue weighted by atomic mass is 9.95. The summed E-state index contributed by atoms with van der Waals surface area (Å²) in [6.07, 6.45) is 7.26. The fourth-order valence-electron chi connectivity index (χ4n) is 3.86. The summed E-state index contributed by atoms with van der Waals surface area (Å²) in [6, 6.07) is 2.11. The maximum absolute atomic E-state index is 14.2. The van der Waals surface area contributed by atoms with Crippen LogP contribution in [-0.2, 0) is 13.0 Å². The number of rotatable bonds is 11. The van der Waals surface area contributed by atoms with E-state index < -0.39 is 30.2 Å². The first-order chi connectivity index (χ1) is 16.4. The molecule has 4 N–H and O–H groups in total. The molecule has 186 valence electrons. The number of nitrogens with one attached hydrogen (secondary N) is 3. The Morgan fingerprint density at radius 3 is 2.56 bits per heavy atom. The molecule has 0 radical (unpaired) electrons. The SMILES string of the molecule is CCc1cc(F)c(COc2nsc(NC(=O)NCCCNC3CCCCC3)c2C(=O)O)cc1F. The minimum Gasteiger partial charge on any atom is -0.477 e. The zero-order valence-corrected chi connectivity index (χ0v) is 19.9. The van der Waals surface area contributed by atoms with E-state index in [0.29, 0.717) is 19.0 Å². The van der Waals surface area contributed by atoms with Crippen LogP contribution in [-0.4, -0.2) is 40.6 Å². The molecule has 0 bridgehead atoms. The largest absolute Gasteiger partial charge is 0.477 e. The van der Waals surface area contributed by atoms with Crippen LogP contribution in [0.2, 0.25) is 0 Å². The van der Waals surface area contributed by atoms with Gasteiger partial charge in [-0.25, -0.2) is 18.4 Å². The molecule has 8 nitrogen and oxygen atoms in total. The Morgan fingerprint density at radius 1 is 1.15 bits per heavy atom. The highest BCUT2D eigenvalue weighted by Crippen LogP contribution is 2.31. The number of carboxylic acids is 1. The number of ether oxygens (including phenoxy) is 1. The van der Waals surface area contributed by atoms with Crippen LogP contribution in [0, 0.1) is 11.6 Å². The van der Waals surface area contributed by atoms with Crippen molar-refractivity contribution >= 4 is 28.5 Å². The summed E-state index contributed by atoms with van der Waals surface area (Å²) in [7, 11) is 0. The second-order valence-corrected chi connectivity index (χ2v) is 8.97. The van der Waals surface area contributed by atoms with E-state index in [2.05, 4.69) is 20.3 Å². The van der Waals surface area contributed by atoms with Gasteiger partial charge in [-0.05, 0) is 61.5 Å². The Bertz CT molecular complexity index is 996. The van der Waals surface area contributed by atoms with Gasteiger partial charge < -0.3 is 20.5 Å². The summed E-state index contributed by atoms with van der Waals surface area (Å²) in [5.41, 5.74) is -0.165. The van der Waals surface area contributed by atoms with Crippen molar-refractivity contribution in [1.82, 2.24) is 15.0 Å². The monoisotopic (exact) mass is 496 g/mol. The van der Waals surface area contributed by atoms with Crippen LogP contribution in [0.3, 0.4) is 0 Å². The van der Waals surface area contributed by atoms with Crippen molar-refractivity contribution in [2.45, 2.75) is 64.5 Å². The lowest BCUT2D eigenvalue weighted by Gasteiger charge is -2.22. The molecule has 3 rings (SSSR count). The van der Waals surface area contributed by atoms with Gasteiger partial charge in [0, 0.05) is 18.2 Å².